The van der Waals surface area contributed by atoms with Crippen LogP contribution in [-0.4, -0.2) is 30.4 Å². The molecule has 5 heteroatoms. The lowest BCUT2D eigenvalue weighted by Gasteiger charge is -2.20. The average molecular weight is 322 g/mol. The number of carbonyl (C=O) groups is 2. The minimum atomic E-state index is -0.0554. The third kappa shape index (κ3) is 3.03. The Bertz CT molecular complexity index is 566. The Hall–Kier alpha value is -1.39. The average Bonchev–Trinajstić information content (AvgIpc) is 2.73. The molecule has 0 spiro atoms. The van der Waals surface area contributed by atoms with Gasteiger partial charge in [0.15, 0.2) is 6.67 Å². The van der Waals surface area contributed by atoms with Gasteiger partial charge in [-0.05, 0) is 25.0 Å². The van der Waals surface area contributed by atoms with E-state index in [1.807, 2.05) is 31.3 Å². The normalized spacial score (nSPS) is 26.2. The van der Waals surface area contributed by atoms with Crippen LogP contribution >= 0.6 is 11.6 Å². The predicted octanol–water partition coefficient (Wildman–Crippen LogP) is 1.49. The number of quaternary nitrogens is 1. The van der Waals surface area contributed by atoms with Crippen molar-refractivity contribution in [3.63, 3.8) is 0 Å². The van der Waals surface area contributed by atoms with Crippen molar-refractivity contribution in [1.82, 2.24) is 4.90 Å². The maximum Gasteiger partial charge on any atom is 0.237 e. The minimum Gasteiger partial charge on any atom is -0.316 e. The fourth-order valence-electron chi connectivity index (χ4n) is 3.71. The van der Waals surface area contributed by atoms with Crippen molar-refractivity contribution in [1.29, 1.82) is 0 Å². The molecule has 4 nitrogen and oxygen atoms in total. The van der Waals surface area contributed by atoms with E-state index in [0.717, 1.165) is 42.7 Å². The van der Waals surface area contributed by atoms with Crippen LogP contribution < -0.4 is 4.90 Å². The standard InChI is InChI=1S/C17H21ClN2O2/c1-19(10-12-5-4-6-13(18)9-12)11-20-16(21)14-7-2-3-8-15(14)17(20)22/h4-6,9,14-15H,2-3,7-8,10-11H2,1H3/p+1/t14-,15+. The van der Waals surface area contributed by atoms with Crippen LogP contribution in [-0.2, 0) is 16.1 Å². The van der Waals surface area contributed by atoms with Crippen molar-refractivity contribution in [3.05, 3.63) is 34.9 Å². The summed E-state index contributed by atoms with van der Waals surface area (Å²) in [6.07, 6.45) is 3.89. The molecule has 3 rings (SSSR count). The van der Waals surface area contributed by atoms with Crippen molar-refractivity contribution in [3.8, 4) is 0 Å². The van der Waals surface area contributed by atoms with Gasteiger partial charge in [0.1, 0.15) is 6.54 Å². The first-order valence-electron chi connectivity index (χ1n) is 7.97. The van der Waals surface area contributed by atoms with E-state index in [9.17, 15) is 9.59 Å². The quantitative estimate of drug-likeness (QED) is 0.854. The molecular formula is C17H22ClN2O2+. The second-order valence-corrected chi connectivity index (χ2v) is 6.96. The molecule has 0 radical (unpaired) electrons. The summed E-state index contributed by atoms with van der Waals surface area (Å²) in [5, 5.41) is 0.713. The molecule has 1 heterocycles. The maximum absolute atomic E-state index is 12.5. The van der Waals surface area contributed by atoms with E-state index in [-0.39, 0.29) is 23.7 Å². The number of fused-ring (bicyclic) bond motifs is 1. The molecular weight excluding hydrogens is 300 g/mol. The van der Waals surface area contributed by atoms with Crippen LogP contribution in [0.3, 0.4) is 0 Å². The smallest absolute Gasteiger partial charge is 0.237 e. The van der Waals surface area contributed by atoms with E-state index in [4.69, 9.17) is 11.6 Å². The van der Waals surface area contributed by atoms with Crippen molar-refractivity contribution < 1.29 is 14.5 Å². The summed E-state index contributed by atoms with van der Waals surface area (Å²) >= 11 is 6.00. The molecule has 3 atom stereocenters. The molecule has 1 unspecified atom stereocenters. The number of hydrogen-bond donors (Lipinski definition) is 1. The predicted molar refractivity (Wildman–Crippen MR) is 84.2 cm³/mol. The summed E-state index contributed by atoms with van der Waals surface area (Å²) in [7, 11) is 2.00. The fourth-order valence-corrected chi connectivity index (χ4v) is 3.92. The Morgan fingerprint density at radius 2 is 1.82 bits per heavy atom. The molecule has 2 aliphatic rings. The second kappa shape index (κ2) is 6.39. The summed E-state index contributed by atoms with van der Waals surface area (Å²) in [6.45, 7) is 1.18. The van der Waals surface area contributed by atoms with Crippen LogP contribution in [0.2, 0.25) is 5.02 Å². The summed E-state index contributed by atoms with van der Waals surface area (Å²) < 4.78 is 0. The molecule has 1 N–H and O–H groups in total. The fraction of sp³-hybridized carbons (Fsp3) is 0.529. The SMILES string of the molecule is C[NH+](Cc1cccc(Cl)c1)CN1C(=O)[C@H]2CCCC[C@H]2C1=O. The number of likely N-dealkylation sites (tertiary alicyclic amines) is 1. The molecule has 1 aromatic rings. The number of halogens is 1. The van der Waals surface area contributed by atoms with Gasteiger partial charge in [-0.1, -0.05) is 36.6 Å². The summed E-state index contributed by atoms with van der Waals surface area (Å²) in [5.41, 5.74) is 1.11. The Balaban J connectivity index is 1.65. The highest BCUT2D eigenvalue weighted by molar-refractivity contribution is 6.30. The van der Waals surface area contributed by atoms with E-state index in [1.165, 1.54) is 4.90 Å². The molecule has 1 aliphatic carbocycles. The molecule has 1 saturated carbocycles. The van der Waals surface area contributed by atoms with Gasteiger partial charge in [0.25, 0.3) is 0 Å². The first-order chi connectivity index (χ1) is 10.6. The number of amides is 2. The third-order valence-electron chi connectivity index (χ3n) is 4.76. The molecule has 118 valence electrons. The molecule has 0 aromatic heterocycles. The van der Waals surface area contributed by atoms with E-state index in [1.54, 1.807) is 0 Å². The zero-order chi connectivity index (χ0) is 15.7. The lowest BCUT2D eigenvalue weighted by molar-refractivity contribution is -0.901. The second-order valence-electron chi connectivity index (χ2n) is 6.52. The number of carbonyl (C=O) groups excluding carboxylic acids is 2. The topological polar surface area (TPSA) is 41.8 Å². The van der Waals surface area contributed by atoms with E-state index in [2.05, 4.69) is 0 Å². The zero-order valence-electron chi connectivity index (χ0n) is 12.8. The Morgan fingerprint density at radius 3 is 2.41 bits per heavy atom. The lowest BCUT2D eigenvalue weighted by Crippen LogP contribution is -3.09. The Kier molecular flexibility index (Phi) is 4.50. The van der Waals surface area contributed by atoms with E-state index >= 15 is 0 Å². The van der Waals surface area contributed by atoms with Crippen molar-refractivity contribution in [2.24, 2.45) is 11.8 Å². The lowest BCUT2D eigenvalue weighted by atomic mass is 9.81. The van der Waals surface area contributed by atoms with Crippen LogP contribution in [0.1, 0.15) is 31.2 Å². The first kappa shape index (κ1) is 15.5. The maximum atomic E-state index is 12.5. The third-order valence-corrected chi connectivity index (χ3v) is 4.99. The van der Waals surface area contributed by atoms with Gasteiger partial charge in [-0.3, -0.25) is 9.59 Å². The van der Waals surface area contributed by atoms with Gasteiger partial charge in [0.2, 0.25) is 11.8 Å². The molecule has 1 aromatic carbocycles. The number of rotatable bonds is 4. The molecule has 0 bridgehead atoms. The molecule has 22 heavy (non-hydrogen) atoms. The first-order valence-corrected chi connectivity index (χ1v) is 8.35. The zero-order valence-corrected chi connectivity index (χ0v) is 13.6. The van der Waals surface area contributed by atoms with Gasteiger partial charge in [-0.25, -0.2) is 4.90 Å². The van der Waals surface area contributed by atoms with Gasteiger partial charge in [0, 0.05) is 10.6 Å². The largest absolute Gasteiger partial charge is 0.316 e. The van der Waals surface area contributed by atoms with E-state index < -0.39 is 0 Å². The van der Waals surface area contributed by atoms with Crippen molar-refractivity contribution in [2.45, 2.75) is 32.2 Å². The number of imide groups is 1. The van der Waals surface area contributed by atoms with Gasteiger partial charge in [0.05, 0.1) is 18.9 Å². The van der Waals surface area contributed by atoms with Gasteiger partial charge < -0.3 is 4.90 Å². The molecule has 1 aliphatic heterocycles. The van der Waals surface area contributed by atoms with Crippen LogP contribution in [0.5, 0.6) is 0 Å². The van der Waals surface area contributed by atoms with Crippen molar-refractivity contribution >= 4 is 23.4 Å². The van der Waals surface area contributed by atoms with Crippen LogP contribution in [0, 0.1) is 11.8 Å². The van der Waals surface area contributed by atoms with Gasteiger partial charge in [-0.2, -0.15) is 0 Å². The highest BCUT2D eigenvalue weighted by atomic mass is 35.5. The number of nitrogens with zero attached hydrogens (tertiary/aromatic N) is 1. The van der Waals surface area contributed by atoms with Crippen LogP contribution in [0.25, 0.3) is 0 Å². The summed E-state index contributed by atoms with van der Waals surface area (Å²) in [4.78, 5) is 27.5. The summed E-state index contributed by atoms with van der Waals surface area (Å²) in [6, 6.07) is 7.71. The van der Waals surface area contributed by atoms with Gasteiger partial charge in [-0.15, -0.1) is 0 Å². The Labute approximate surface area is 136 Å². The van der Waals surface area contributed by atoms with Gasteiger partial charge >= 0.3 is 0 Å². The number of hydrogen-bond acceptors (Lipinski definition) is 2. The minimum absolute atomic E-state index is 0.0418. The highest BCUT2D eigenvalue weighted by Crippen LogP contribution is 2.37. The van der Waals surface area contributed by atoms with E-state index in [0.29, 0.717) is 11.7 Å². The monoisotopic (exact) mass is 321 g/mol. The summed E-state index contributed by atoms with van der Waals surface area (Å²) in [5.74, 6) is -0.0271. The molecule has 1 saturated heterocycles. The van der Waals surface area contributed by atoms with Crippen LogP contribution in [0.4, 0.5) is 0 Å². The molecule has 2 amide bonds. The van der Waals surface area contributed by atoms with Crippen molar-refractivity contribution in [2.75, 3.05) is 13.7 Å². The number of benzene rings is 1. The number of nitrogens with one attached hydrogen (secondary N) is 1. The molecule has 2 fully saturated rings. The van der Waals surface area contributed by atoms with Crippen LogP contribution in [0.15, 0.2) is 24.3 Å². The highest BCUT2D eigenvalue weighted by Gasteiger charge is 2.48. The Morgan fingerprint density at radius 1 is 1.18 bits per heavy atom.